The predicted octanol–water partition coefficient (Wildman–Crippen LogP) is 2.96. The number of benzene rings is 2. The van der Waals surface area contributed by atoms with Gasteiger partial charge < -0.3 is 19.4 Å². The number of hydrogen-bond acceptors (Lipinski definition) is 8. The zero-order valence-electron chi connectivity index (χ0n) is 17.0. The van der Waals surface area contributed by atoms with Crippen LogP contribution in [0.25, 0.3) is 21.3 Å². The van der Waals surface area contributed by atoms with E-state index in [1.807, 2.05) is 23.7 Å². The number of nitrogens with one attached hydrogen (secondary N) is 1. The van der Waals surface area contributed by atoms with E-state index in [1.165, 1.54) is 15.6 Å². The molecule has 0 saturated carbocycles. The van der Waals surface area contributed by atoms with Crippen LogP contribution >= 0.6 is 11.3 Å². The van der Waals surface area contributed by atoms with Gasteiger partial charge in [0.25, 0.3) is 0 Å². The van der Waals surface area contributed by atoms with E-state index in [-0.39, 0.29) is 4.90 Å². The van der Waals surface area contributed by atoms with Gasteiger partial charge in [-0.1, -0.05) is 11.3 Å². The van der Waals surface area contributed by atoms with Gasteiger partial charge in [0, 0.05) is 20.1 Å². The van der Waals surface area contributed by atoms with Crippen molar-refractivity contribution in [3.8, 4) is 5.75 Å². The van der Waals surface area contributed by atoms with E-state index >= 15 is 0 Å². The number of nitrogens with zero attached hydrogens (tertiary/aromatic N) is 4. The normalized spacial score (nSPS) is 15.5. The second kappa shape index (κ2) is 7.75. The van der Waals surface area contributed by atoms with Crippen LogP contribution in [0.3, 0.4) is 0 Å². The number of aromatic nitrogens is 3. The van der Waals surface area contributed by atoms with Gasteiger partial charge in [0.15, 0.2) is 5.13 Å². The van der Waals surface area contributed by atoms with Crippen molar-refractivity contribution in [1.82, 2.24) is 18.8 Å². The van der Waals surface area contributed by atoms with Crippen molar-refractivity contribution < 1.29 is 17.9 Å². The summed E-state index contributed by atoms with van der Waals surface area (Å²) in [6.07, 6.45) is 1.76. The lowest BCUT2D eigenvalue weighted by Gasteiger charge is -2.26. The predicted molar refractivity (Wildman–Crippen MR) is 120 cm³/mol. The summed E-state index contributed by atoms with van der Waals surface area (Å²) in [5, 5.41) is 3.87. The maximum atomic E-state index is 13.1. The quantitative estimate of drug-likeness (QED) is 0.490. The molecular weight excluding hydrogens is 438 g/mol. The Morgan fingerprint density at radius 2 is 1.97 bits per heavy atom. The second-order valence-corrected chi connectivity index (χ2v) is 10.1. The summed E-state index contributed by atoms with van der Waals surface area (Å²) in [5.41, 5.74) is 3.18. The van der Waals surface area contributed by atoms with Gasteiger partial charge in [0.2, 0.25) is 10.0 Å². The lowest BCUT2D eigenvalue weighted by atomic mass is 10.3. The summed E-state index contributed by atoms with van der Waals surface area (Å²) < 4.78 is 41.2. The van der Waals surface area contributed by atoms with Crippen LogP contribution in [0.5, 0.6) is 5.75 Å². The number of sulfonamides is 1. The molecule has 0 bridgehead atoms. The lowest BCUT2D eigenvalue weighted by molar-refractivity contribution is 0.0730. The van der Waals surface area contributed by atoms with Crippen LogP contribution in [-0.4, -0.2) is 60.7 Å². The molecule has 162 valence electrons. The third-order valence-electron chi connectivity index (χ3n) is 5.27. The first kappa shape index (κ1) is 20.2. The zero-order valence-corrected chi connectivity index (χ0v) is 18.7. The Balaban J connectivity index is 1.52. The van der Waals surface area contributed by atoms with Gasteiger partial charge >= 0.3 is 0 Å². The van der Waals surface area contributed by atoms with Crippen molar-refractivity contribution in [2.75, 3.05) is 38.7 Å². The van der Waals surface area contributed by atoms with Crippen LogP contribution in [0, 0.1) is 0 Å². The fourth-order valence-electron chi connectivity index (χ4n) is 3.64. The highest BCUT2D eigenvalue weighted by Crippen LogP contribution is 2.36. The lowest BCUT2D eigenvalue weighted by Crippen LogP contribution is -2.40. The molecule has 9 nitrogen and oxygen atoms in total. The fraction of sp³-hybridized carbons (Fsp3) is 0.300. The van der Waals surface area contributed by atoms with E-state index in [2.05, 4.69) is 10.3 Å². The molecule has 1 saturated heterocycles. The third kappa shape index (κ3) is 3.53. The van der Waals surface area contributed by atoms with E-state index in [1.54, 1.807) is 31.6 Å². The molecule has 31 heavy (non-hydrogen) atoms. The smallest absolute Gasteiger partial charge is 0.243 e. The molecule has 11 heteroatoms. The highest BCUT2D eigenvalue weighted by Gasteiger charge is 2.27. The molecule has 0 unspecified atom stereocenters. The van der Waals surface area contributed by atoms with E-state index in [0.29, 0.717) is 42.9 Å². The number of imidazole rings is 1. The number of fused-ring (bicyclic) bond motifs is 3. The van der Waals surface area contributed by atoms with Gasteiger partial charge in [-0.3, -0.25) is 0 Å². The molecule has 0 amide bonds. The first-order valence-electron chi connectivity index (χ1n) is 9.71. The molecule has 2 aromatic heterocycles. The van der Waals surface area contributed by atoms with E-state index in [0.717, 1.165) is 21.3 Å². The van der Waals surface area contributed by atoms with Crippen molar-refractivity contribution in [2.45, 2.75) is 4.90 Å². The van der Waals surface area contributed by atoms with Crippen molar-refractivity contribution in [3.05, 3.63) is 36.7 Å². The summed E-state index contributed by atoms with van der Waals surface area (Å²) in [5.74, 6) is 0.531. The number of methoxy groups -OCH3 is 1. The maximum Gasteiger partial charge on any atom is 0.243 e. The number of anilines is 2. The summed E-state index contributed by atoms with van der Waals surface area (Å²) in [7, 11) is -0.134. The van der Waals surface area contributed by atoms with Crippen LogP contribution in [0.2, 0.25) is 0 Å². The van der Waals surface area contributed by atoms with Gasteiger partial charge in [-0.25, -0.2) is 18.4 Å². The van der Waals surface area contributed by atoms with Crippen LogP contribution < -0.4 is 10.1 Å². The molecule has 0 radical (unpaired) electrons. The van der Waals surface area contributed by atoms with E-state index in [9.17, 15) is 8.42 Å². The number of aryl methyl sites for hydroxylation is 1. The Morgan fingerprint density at radius 3 is 2.74 bits per heavy atom. The zero-order chi connectivity index (χ0) is 21.6. The average molecular weight is 460 g/mol. The molecule has 0 spiro atoms. The molecule has 3 heterocycles. The molecule has 1 fully saturated rings. The van der Waals surface area contributed by atoms with E-state index in [4.69, 9.17) is 14.5 Å². The average Bonchev–Trinajstić information content (AvgIpc) is 3.37. The minimum Gasteiger partial charge on any atom is -0.495 e. The van der Waals surface area contributed by atoms with Crippen molar-refractivity contribution in [1.29, 1.82) is 0 Å². The highest BCUT2D eigenvalue weighted by atomic mass is 32.2. The largest absolute Gasteiger partial charge is 0.495 e. The second-order valence-electron chi connectivity index (χ2n) is 7.16. The van der Waals surface area contributed by atoms with Gasteiger partial charge in [0.1, 0.15) is 16.8 Å². The topological polar surface area (TPSA) is 98.6 Å². The highest BCUT2D eigenvalue weighted by molar-refractivity contribution is 7.89. The molecule has 1 N–H and O–H groups in total. The summed E-state index contributed by atoms with van der Waals surface area (Å²) in [4.78, 5) is 9.36. The van der Waals surface area contributed by atoms with Crippen molar-refractivity contribution in [2.24, 2.45) is 7.05 Å². The van der Waals surface area contributed by atoms with Gasteiger partial charge in [-0.2, -0.15) is 4.31 Å². The third-order valence-corrected chi connectivity index (χ3v) is 8.10. The van der Waals surface area contributed by atoms with Gasteiger partial charge in [0.05, 0.1) is 47.5 Å². The molecule has 1 aliphatic rings. The molecular formula is C20H21N5O4S2. The van der Waals surface area contributed by atoms with Gasteiger partial charge in [-0.15, -0.1) is 0 Å². The fourth-order valence-corrected chi connectivity index (χ4v) is 5.95. The molecule has 4 aromatic rings. The monoisotopic (exact) mass is 459 g/mol. The number of morpholine rings is 1. The summed E-state index contributed by atoms with van der Waals surface area (Å²) in [6.45, 7) is 1.48. The number of ether oxygens (including phenoxy) is 2. The Kier molecular flexibility index (Phi) is 5.05. The van der Waals surface area contributed by atoms with E-state index < -0.39 is 10.0 Å². The number of hydrogen-bond donors (Lipinski definition) is 1. The van der Waals surface area contributed by atoms with Crippen LogP contribution in [0.1, 0.15) is 0 Å². The SMILES string of the molecule is COc1ccc(S(=O)(=O)N2CCOCC2)cc1Nc1nc2c(ccc3c2ncn3C)s1. The molecule has 2 aromatic carbocycles. The van der Waals surface area contributed by atoms with Crippen LogP contribution in [-0.2, 0) is 21.8 Å². The van der Waals surface area contributed by atoms with Crippen LogP contribution in [0.15, 0.2) is 41.6 Å². The minimum atomic E-state index is -3.62. The first-order chi connectivity index (χ1) is 15.0. The molecule has 5 rings (SSSR count). The number of thiazole rings is 1. The Bertz CT molecular complexity index is 1370. The standard InChI is InChI=1S/C20H21N5O4S2/c1-24-12-21-18-15(24)4-6-17-19(18)23-20(30-17)22-14-11-13(3-5-16(14)28-2)31(26,27)25-7-9-29-10-8-25/h3-6,11-12H,7-10H2,1-2H3,(H,22,23). The van der Waals surface area contributed by atoms with Gasteiger partial charge in [-0.05, 0) is 30.3 Å². The van der Waals surface area contributed by atoms with Crippen molar-refractivity contribution >= 4 is 53.4 Å². The number of rotatable bonds is 5. The Morgan fingerprint density at radius 1 is 1.16 bits per heavy atom. The Hall–Kier alpha value is -2.73. The Labute approximate surface area is 183 Å². The molecule has 0 aliphatic carbocycles. The first-order valence-corrected chi connectivity index (χ1v) is 12.0. The summed E-state index contributed by atoms with van der Waals surface area (Å²) in [6, 6.07) is 8.83. The summed E-state index contributed by atoms with van der Waals surface area (Å²) >= 11 is 1.47. The maximum absolute atomic E-state index is 13.1. The van der Waals surface area contributed by atoms with Crippen LogP contribution in [0.4, 0.5) is 10.8 Å². The van der Waals surface area contributed by atoms with Crippen molar-refractivity contribution in [3.63, 3.8) is 0 Å². The molecule has 0 atom stereocenters. The molecule has 1 aliphatic heterocycles. The minimum absolute atomic E-state index is 0.200.